The Morgan fingerprint density at radius 3 is 2.47 bits per heavy atom. The molecule has 5 heteroatoms. The molecule has 0 aliphatic rings. The van der Waals surface area contributed by atoms with Crippen molar-refractivity contribution >= 4 is 10.9 Å². The quantitative estimate of drug-likeness (QED) is 0.374. The zero-order valence-corrected chi connectivity index (χ0v) is 17.0. The highest BCUT2D eigenvalue weighted by atomic mass is 19.3. The van der Waals surface area contributed by atoms with Gasteiger partial charge in [0.1, 0.15) is 5.69 Å². The van der Waals surface area contributed by atoms with Gasteiger partial charge in [0.2, 0.25) is 0 Å². The predicted octanol–water partition coefficient (Wildman–Crippen LogP) is 6.33. The van der Waals surface area contributed by atoms with E-state index in [1.807, 2.05) is 48.1 Å². The summed E-state index contributed by atoms with van der Waals surface area (Å²) in [4.78, 5) is 4.07. The lowest BCUT2D eigenvalue weighted by Gasteiger charge is -2.16. The van der Waals surface area contributed by atoms with Gasteiger partial charge in [0.05, 0.1) is 23.4 Å². The Bertz CT molecular complexity index is 1260. The summed E-state index contributed by atoms with van der Waals surface area (Å²) in [6, 6.07) is 16.6. The lowest BCUT2D eigenvalue weighted by Crippen LogP contribution is -2.09. The fourth-order valence-electron chi connectivity index (χ4n) is 3.67. The van der Waals surface area contributed by atoms with E-state index >= 15 is 0 Å². The molecule has 1 atom stereocenters. The molecule has 0 spiro atoms. The van der Waals surface area contributed by atoms with Crippen molar-refractivity contribution in [2.75, 3.05) is 0 Å². The Kier molecular flexibility index (Phi) is 5.33. The molecule has 0 unspecified atom stereocenters. The average molecular weight is 401 g/mol. The van der Waals surface area contributed by atoms with Gasteiger partial charge in [0.15, 0.2) is 0 Å². The molecule has 3 nitrogen and oxygen atoms in total. The molecule has 2 aromatic heterocycles. The van der Waals surface area contributed by atoms with Gasteiger partial charge in [-0.15, -0.1) is 5.92 Å². The maximum absolute atomic E-state index is 12.9. The summed E-state index contributed by atoms with van der Waals surface area (Å²) >= 11 is 0. The molecule has 0 saturated carbocycles. The minimum Gasteiger partial charge on any atom is -0.257 e. The van der Waals surface area contributed by atoms with Crippen LogP contribution in [0, 0.1) is 18.8 Å². The maximum Gasteiger partial charge on any atom is 0.280 e. The van der Waals surface area contributed by atoms with Crippen LogP contribution in [0.15, 0.2) is 60.8 Å². The van der Waals surface area contributed by atoms with Crippen LogP contribution in [0.1, 0.15) is 48.7 Å². The van der Waals surface area contributed by atoms with Crippen molar-refractivity contribution in [1.82, 2.24) is 14.8 Å². The third kappa shape index (κ3) is 3.57. The molecule has 30 heavy (non-hydrogen) atoms. The fourth-order valence-corrected chi connectivity index (χ4v) is 3.67. The first-order valence-electron chi connectivity index (χ1n) is 9.74. The third-order valence-electron chi connectivity index (χ3n) is 5.27. The largest absolute Gasteiger partial charge is 0.280 e. The van der Waals surface area contributed by atoms with E-state index in [9.17, 15) is 8.78 Å². The molecule has 0 radical (unpaired) electrons. The van der Waals surface area contributed by atoms with E-state index in [0.29, 0.717) is 5.69 Å². The molecule has 0 N–H and O–H groups in total. The summed E-state index contributed by atoms with van der Waals surface area (Å²) in [5.41, 5.74) is 5.37. The molecule has 0 saturated heterocycles. The Labute approximate surface area is 174 Å². The molecule has 4 aromatic rings. The zero-order chi connectivity index (χ0) is 21.3. The van der Waals surface area contributed by atoms with Crippen LogP contribution in [0.4, 0.5) is 8.78 Å². The van der Waals surface area contributed by atoms with Gasteiger partial charge in [-0.25, -0.2) is 13.8 Å². The van der Waals surface area contributed by atoms with Crippen LogP contribution < -0.4 is 0 Å². The second kappa shape index (κ2) is 8.08. The van der Waals surface area contributed by atoms with Gasteiger partial charge >= 0.3 is 0 Å². The summed E-state index contributed by atoms with van der Waals surface area (Å²) in [6.07, 6.45) is -0.713. The Morgan fingerprint density at radius 2 is 1.77 bits per heavy atom. The standard InChI is InChI=1S/C25H21F2N3/c1-4-6-19-10-9-16(2)24-21(19)15-28-30(24)17(3)18-11-13-20(14-12-18)22-7-5-8-23(29-22)25(26)27/h5,7-15,17,25H,1-3H3/t17-/m1/s1. The topological polar surface area (TPSA) is 30.7 Å². The molecule has 4 rings (SSSR count). The van der Waals surface area contributed by atoms with Crippen LogP contribution in [0.2, 0.25) is 0 Å². The number of pyridine rings is 1. The predicted molar refractivity (Wildman–Crippen MR) is 115 cm³/mol. The van der Waals surface area contributed by atoms with Crippen LogP contribution >= 0.6 is 0 Å². The van der Waals surface area contributed by atoms with Gasteiger partial charge in [-0.3, -0.25) is 4.68 Å². The highest BCUT2D eigenvalue weighted by molar-refractivity contribution is 5.88. The normalized spacial score (nSPS) is 12.1. The fraction of sp³-hybridized carbons (Fsp3) is 0.200. The third-order valence-corrected chi connectivity index (χ3v) is 5.27. The van der Waals surface area contributed by atoms with Crippen molar-refractivity contribution in [3.05, 3.63) is 83.2 Å². The first kappa shape index (κ1) is 19.8. The molecule has 0 amide bonds. The number of aryl methyl sites for hydroxylation is 1. The minimum atomic E-state index is -2.58. The monoisotopic (exact) mass is 401 g/mol. The first-order valence-corrected chi connectivity index (χ1v) is 9.74. The van der Waals surface area contributed by atoms with Gasteiger partial charge in [-0.2, -0.15) is 5.10 Å². The molecule has 0 bridgehead atoms. The van der Waals surface area contributed by atoms with E-state index in [-0.39, 0.29) is 11.7 Å². The van der Waals surface area contributed by atoms with Crippen LogP contribution in [-0.2, 0) is 0 Å². The van der Waals surface area contributed by atoms with Crippen molar-refractivity contribution in [1.29, 1.82) is 0 Å². The van der Waals surface area contributed by atoms with Crippen LogP contribution in [0.5, 0.6) is 0 Å². The molecular weight excluding hydrogens is 380 g/mol. The first-order chi connectivity index (χ1) is 14.5. The molecule has 2 aromatic carbocycles. The number of benzene rings is 2. The van der Waals surface area contributed by atoms with E-state index in [1.165, 1.54) is 6.07 Å². The second-order valence-corrected chi connectivity index (χ2v) is 7.20. The summed E-state index contributed by atoms with van der Waals surface area (Å²) in [5, 5.41) is 5.68. The van der Waals surface area contributed by atoms with Crippen molar-refractivity contribution < 1.29 is 8.78 Å². The summed E-state index contributed by atoms with van der Waals surface area (Å²) in [7, 11) is 0. The summed E-state index contributed by atoms with van der Waals surface area (Å²) in [6.45, 7) is 5.99. The lowest BCUT2D eigenvalue weighted by atomic mass is 10.0. The van der Waals surface area contributed by atoms with E-state index in [4.69, 9.17) is 0 Å². The highest BCUT2D eigenvalue weighted by Gasteiger charge is 2.16. The smallest absolute Gasteiger partial charge is 0.257 e. The Balaban J connectivity index is 1.69. The molecular formula is C25H21F2N3. The number of alkyl halides is 2. The highest BCUT2D eigenvalue weighted by Crippen LogP contribution is 2.29. The number of nitrogens with zero attached hydrogens (tertiary/aromatic N) is 3. The van der Waals surface area contributed by atoms with Crippen molar-refractivity contribution in [2.24, 2.45) is 0 Å². The van der Waals surface area contributed by atoms with Crippen LogP contribution in [0.25, 0.3) is 22.2 Å². The number of fused-ring (bicyclic) bond motifs is 1. The average Bonchev–Trinajstić information content (AvgIpc) is 3.22. The van der Waals surface area contributed by atoms with Crippen molar-refractivity contribution in [3.8, 4) is 23.1 Å². The lowest BCUT2D eigenvalue weighted by molar-refractivity contribution is 0.146. The molecule has 2 heterocycles. The number of aromatic nitrogens is 3. The molecule has 0 fully saturated rings. The van der Waals surface area contributed by atoms with Gasteiger partial charge < -0.3 is 0 Å². The second-order valence-electron chi connectivity index (χ2n) is 7.20. The van der Waals surface area contributed by atoms with E-state index < -0.39 is 6.43 Å². The maximum atomic E-state index is 12.9. The molecule has 0 aliphatic carbocycles. The summed E-state index contributed by atoms with van der Waals surface area (Å²) in [5.74, 6) is 6.10. The minimum absolute atomic E-state index is 0.000410. The van der Waals surface area contributed by atoms with Gasteiger partial charge in [-0.1, -0.05) is 42.3 Å². The Hall–Kier alpha value is -3.52. The van der Waals surface area contributed by atoms with E-state index in [1.54, 1.807) is 12.1 Å². The zero-order valence-electron chi connectivity index (χ0n) is 17.0. The van der Waals surface area contributed by atoms with Gasteiger partial charge in [0, 0.05) is 16.5 Å². The molecule has 0 aliphatic heterocycles. The van der Waals surface area contributed by atoms with Crippen molar-refractivity contribution in [2.45, 2.75) is 33.2 Å². The van der Waals surface area contributed by atoms with Crippen molar-refractivity contribution in [3.63, 3.8) is 0 Å². The number of hydrogen-bond acceptors (Lipinski definition) is 2. The van der Waals surface area contributed by atoms with E-state index in [2.05, 4.69) is 41.8 Å². The summed E-state index contributed by atoms with van der Waals surface area (Å²) < 4.78 is 27.9. The van der Waals surface area contributed by atoms with Gasteiger partial charge in [0.25, 0.3) is 6.43 Å². The number of hydrogen-bond donors (Lipinski definition) is 0. The van der Waals surface area contributed by atoms with Crippen LogP contribution in [0.3, 0.4) is 0 Å². The van der Waals surface area contributed by atoms with Gasteiger partial charge in [-0.05, 0) is 50.1 Å². The Morgan fingerprint density at radius 1 is 1.00 bits per heavy atom. The number of rotatable bonds is 4. The van der Waals surface area contributed by atoms with Crippen LogP contribution in [-0.4, -0.2) is 14.8 Å². The molecule has 150 valence electrons. The SMILES string of the molecule is CC#Cc1ccc(C)c2c1cnn2[C@H](C)c1ccc(-c2cccc(C(F)F)n2)cc1. The number of halogens is 2. The van der Waals surface area contributed by atoms with E-state index in [0.717, 1.165) is 33.2 Å².